The summed E-state index contributed by atoms with van der Waals surface area (Å²) in [5, 5.41) is 7.52. The van der Waals surface area contributed by atoms with E-state index < -0.39 is 0 Å². The minimum absolute atomic E-state index is 0.0372. The number of hydrogen-bond donors (Lipinski definition) is 1. The van der Waals surface area contributed by atoms with E-state index in [2.05, 4.69) is 27.3 Å². The van der Waals surface area contributed by atoms with Gasteiger partial charge in [-0.25, -0.2) is 0 Å². The van der Waals surface area contributed by atoms with Crippen molar-refractivity contribution in [2.24, 2.45) is 0 Å². The van der Waals surface area contributed by atoms with Gasteiger partial charge in [-0.15, -0.1) is 0 Å². The van der Waals surface area contributed by atoms with E-state index in [-0.39, 0.29) is 6.10 Å². The Morgan fingerprint density at radius 1 is 1.29 bits per heavy atom. The number of rotatable bonds is 4. The standard InChI is InChI=1S/C15H26N4O2/c1-3-19-8-9-20-13(10-19)14-17-15(21-18-14)11-4-6-12(16-2)7-5-11/h11-13,16H,3-10H2,1-2H3. The van der Waals surface area contributed by atoms with Crippen LogP contribution in [0.15, 0.2) is 4.52 Å². The van der Waals surface area contributed by atoms with Gasteiger partial charge >= 0.3 is 0 Å². The molecule has 1 aromatic heterocycles. The van der Waals surface area contributed by atoms with Crippen molar-refractivity contribution in [3.63, 3.8) is 0 Å². The molecule has 2 heterocycles. The lowest BCUT2D eigenvalue weighted by Gasteiger charge is -2.30. The van der Waals surface area contributed by atoms with Crippen LogP contribution in [-0.4, -0.2) is 54.4 Å². The number of morpholine rings is 1. The van der Waals surface area contributed by atoms with E-state index in [4.69, 9.17) is 9.26 Å². The van der Waals surface area contributed by atoms with Crippen molar-refractivity contribution in [3.05, 3.63) is 11.7 Å². The molecule has 6 nitrogen and oxygen atoms in total. The van der Waals surface area contributed by atoms with Gasteiger partial charge in [-0.05, 0) is 39.3 Å². The van der Waals surface area contributed by atoms with Crippen LogP contribution < -0.4 is 5.32 Å². The largest absolute Gasteiger partial charge is 0.367 e. The molecule has 0 spiro atoms. The second kappa shape index (κ2) is 6.85. The Bertz CT molecular complexity index is 443. The van der Waals surface area contributed by atoms with Crippen molar-refractivity contribution in [1.29, 1.82) is 0 Å². The summed E-state index contributed by atoms with van der Waals surface area (Å²) in [7, 11) is 2.04. The molecule has 0 aromatic carbocycles. The minimum Gasteiger partial charge on any atom is -0.367 e. The third-order valence-corrected chi connectivity index (χ3v) is 4.83. The molecule has 118 valence electrons. The fourth-order valence-electron chi connectivity index (χ4n) is 3.32. The van der Waals surface area contributed by atoms with Crippen LogP contribution in [0.3, 0.4) is 0 Å². The number of nitrogens with zero attached hydrogens (tertiary/aromatic N) is 3. The molecule has 0 bridgehead atoms. The molecule has 21 heavy (non-hydrogen) atoms. The van der Waals surface area contributed by atoms with Crippen molar-refractivity contribution < 1.29 is 9.26 Å². The van der Waals surface area contributed by atoms with E-state index in [1.807, 2.05) is 7.05 Å². The van der Waals surface area contributed by atoms with Crippen LogP contribution in [0, 0.1) is 0 Å². The van der Waals surface area contributed by atoms with Crippen LogP contribution in [0.4, 0.5) is 0 Å². The van der Waals surface area contributed by atoms with Crippen LogP contribution in [0.25, 0.3) is 0 Å². The summed E-state index contributed by atoms with van der Waals surface area (Å²) in [4.78, 5) is 6.99. The molecule has 1 saturated carbocycles. The molecule has 0 amide bonds. The highest BCUT2D eigenvalue weighted by Gasteiger charge is 2.29. The van der Waals surface area contributed by atoms with E-state index >= 15 is 0 Å². The molecular weight excluding hydrogens is 268 g/mol. The van der Waals surface area contributed by atoms with E-state index in [1.165, 1.54) is 12.8 Å². The van der Waals surface area contributed by atoms with Gasteiger partial charge < -0.3 is 14.6 Å². The first-order valence-corrected chi connectivity index (χ1v) is 8.14. The zero-order valence-electron chi connectivity index (χ0n) is 13.0. The van der Waals surface area contributed by atoms with Gasteiger partial charge in [0.05, 0.1) is 6.61 Å². The fourth-order valence-corrected chi connectivity index (χ4v) is 3.32. The summed E-state index contributed by atoms with van der Waals surface area (Å²) < 4.78 is 11.3. The van der Waals surface area contributed by atoms with E-state index in [0.717, 1.165) is 50.8 Å². The Morgan fingerprint density at radius 2 is 2.10 bits per heavy atom. The predicted molar refractivity (Wildman–Crippen MR) is 79.2 cm³/mol. The molecule has 0 radical (unpaired) electrons. The monoisotopic (exact) mass is 294 g/mol. The Labute approximate surface area is 126 Å². The summed E-state index contributed by atoms with van der Waals surface area (Å²) >= 11 is 0. The van der Waals surface area contributed by atoms with Gasteiger partial charge in [0.1, 0.15) is 6.10 Å². The highest BCUT2D eigenvalue weighted by molar-refractivity contribution is 5.00. The first kappa shape index (κ1) is 14.9. The van der Waals surface area contributed by atoms with Crippen molar-refractivity contribution in [3.8, 4) is 0 Å². The topological polar surface area (TPSA) is 63.4 Å². The van der Waals surface area contributed by atoms with Crippen molar-refractivity contribution >= 4 is 0 Å². The first-order chi connectivity index (χ1) is 10.3. The maximum absolute atomic E-state index is 5.79. The zero-order chi connectivity index (χ0) is 14.7. The quantitative estimate of drug-likeness (QED) is 0.912. The summed E-state index contributed by atoms with van der Waals surface area (Å²) in [5.74, 6) is 1.94. The van der Waals surface area contributed by atoms with Crippen LogP contribution in [0.1, 0.15) is 56.3 Å². The van der Waals surface area contributed by atoms with Gasteiger partial charge in [-0.2, -0.15) is 4.98 Å². The van der Waals surface area contributed by atoms with Gasteiger partial charge in [-0.1, -0.05) is 12.1 Å². The lowest BCUT2D eigenvalue weighted by atomic mass is 9.86. The molecule has 1 unspecified atom stereocenters. The molecule has 3 rings (SSSR count). The van der Waals surface area contributed by atoms with Gasteiger partial charge in [0.25, 0.3) is 0 Å². The average molecular weight is 294 g/mol. The van der Waals surface area contributed by atoms with Gasteiger partial charge in [0, 0.05) is 25.0 Å². The first-order valence-electron chi connectivity index (χ1n) is 8.14. The second-order valence-electron chi connectivity index (χ2n) is 6.08. The Balaban J connectivity index is 1.61. The molecule has 1 saturated heterocycles. The Hall–Kier alpha value is -0.980. The highest BCUT2D eigenvalue weighted by atomic mass is 16.5. The lowest BCUT2D eigenvalue weighted by molar-refractivity contribution is -0.0334. The highest BCUT2D eigenvalue weighted by Crippen LogP contribution is 2.32. The lowest BCUT2D eigenvalue weighted by Crippen LogP contribution is -2.38. The fraction of sp³-hybridized carbons (Fsp3) is 0.867. The van der Waals surface area contributed by atoms with E-state index in [9.17, 15) is 0 Å². The third-order valence-electron chi connectivity index (χ3n) is 4.83. The van der Waals surface area contributed by atoms with Crippen molar-refractivity contribution in [2.45, 2.75) is 50.7 Å². The number of aromatic nitrogens is 2. The Kier molecular flexibility index (Phi) is 4.87. The summed E-state index contributed by atoms with van der Waals surface area (Å²) in [6, 6.07) is 0.642. The van der Waals surface area contributed by atoms with E-state index in [0.29, 0.717) is 12.0 Å². The molecular formula is C15H26N4O2. The summed E-state index contributed by atoms with van der Waals surface area (Å²) in [6.07, 6.45) is 4.58. The predicted octanol–water partition coefficient (Wildman–Crippen LogP) is 1.71. The van der Waals surface area contributed by atoms with Gasteiger partial charge in [-0.3, -0.25) is 4.90 Å². The maximum atomic E-state index is 5.79. The van der Waals surface area contributed by atoms with E-state index in [1.54, 1.807) is 0 Å². The number of ether oxygens (including phenoxy) is 1. The van der Waals surface area contributed by atoms with Crippen LogP contribution in [0.5, 0.6) is 0 Å². The molecule has 1 N–H and O–H groups in total. The maximum Gasteiger partial charge on any atom is 0.229 e. The number of hydrogen-bond acceptors (Lipinski definition) is 6. The summed E-state index contributed by atoms with van der Waals surface area (Å²) in [5.41, 5.74) is 0. The van der Waals surface area contributed by atoms with Crippen molar-refractivity contribution in [2.75, 3.05) is 33.3 Å². The molecule has 1 aliphatic heterocycles. The number of likely N-dealkylation sites (N-methyl/N-ethyl adjacent to an activating group) is 1. The molecule has 1 atom stereocenters. The average Bonchev–Trinajstić information content (AvgIpc) is 3.05. The van der Waals surface area contributed by atoms with Gasteiger partial charge in [0.15, 0.2) is 0 Å². The summed E-state index contributed by atoms with van der Waals surface area (Å²) in [6.45, 7) is 5.81. The molecule has 1 aliphatic carbocycles. The van der Waals surface area contributed by atoms with Gasteiger partial charge in [0.2, 0.25) is 11.7 Å². The normalized spacial score (nSPS) is 31.4. The second-order valence-corrected chi connectivity index (χ2v) is 6.08. The zero-order valence-corrected chi connectivity index (χ0v) is 13.0. The SMILES string of the molecule is CCN1CCOC(c2noc(C3CCC(NC)CC3)n2)C1. The molecule has 6 heteroatoms. The molecule has 2 fully saturated rings. The minimum atomic E-state index is -0.0372. The van der Waals surface area contributed by atoms with Crippen LogP contribution in [0.2, 0.25) is 0 Å². The van der Waals surface area contributed by atoms with Crippen LogP contribution >= 0.6 is 0 Å². The number of nitrogens with one attached hydrogen (secondary N) is 1. The van der Waals surface area contributed by atoms with Crippen molar-refractivity contribution in [1.82, 2.24) is 20.4 Å². The smallest absolute Gasteiger partial charge is 0.229 e. The Morgan fingerprint density at radius 3 is 2.81 bits per heavy atom. The third kappa shape index (κ3) is 3.44. The van der Waals surface area contributed by atoms with Crippen LogP contribution in [-0.2, 0) is 4.74 Å². The molecule has 2 aliphatic rings. The molecule has 1 aromatic rings.